The summed E-state index contributed by atoms with van der Waals surface area (Å²) in [5.74, 6) is 0. The average molecular weight is 215 g/mol. The van der Waals surface area contributed by atoms with Crippen LogP contribution in [0.1, 0.15) is 18.5 Å². The van der Waals surface area contributed by atoms with Crippen molar-refractivity contribution in [3.8, 4) is 0 Å². The van der Waals surface area contributed by atoms with Gasteiger partial charge in [0.1, 0.15) is 0 Å². The molecule has 1 aromatic heterocycles. The van der Waals surface area contributed by atoms with Gasteiger partial charge in [0.2, 0.25) is 0 Å². The molecule has 0 spiro atoms. The van der Waals surface area contributed by atoms with E-state index in [0.717, 1.165) is 0 Å². The van der Waals surface area contributed by atoms with Gasteiger partial charge in [-0.25, -0.2) is 0 Å². The normalized spacial score (nSPS) is 15.4. The molecule has 4 heteroatoms. The molecule has 0 aromatic carbocycles. The highest BCUT2D eigenvalue weighted by Crippen LogP contribution is 2.15. The lowest BCUT2D eigenvalue weighted by Gasteiger charge is -2.15. The Labute approximate surface area is 88.7 Å². The molecule has 0 amide bonds. The highest BCUT2D eigenvalue weighted by molar-refractivity contribution is 7.07. The lowest BCUT2D eigenvalue weighted by Crippen LogP contribution is -2.31. The van der Waals surface area contributed by atoms with Gasteiger partial charge in [-0.3, -0.25) is 0 Å². The van der Waals surface area contributed by atoms with Gasteiger partial charge in [0.15, 0.2) is 0 Å². The van der Waals surface area contributed by atoms with E-state index in [0.29, 0.717) is 13.2 Å². The molecule has 0 aliphatic carbocycles. The fourth-order valence-electron chi connectivity index (χ4n) is 1.20. The minimum Gasteiger partial charge on any atom is -0.389 e. The molecule has 0 aliphatic heterocycles. The van der Waals surface area contributed by atoms with E-state index in [2.05, 4.69) is 29.1 Å². The molecule has 1 rings (SSSR count). The molecule has 14 heavy (non-hydrogen) atoms. The van der Waals surface area contributed by atoms with Gasteiger partial charge < -0.3 is 15.2 Å². The first-order chi connectivity index (χ1) is 6.74. The number of rotatable bonds is 6. The van der Waals surface area contributed by atoms with Gasteiger partial charge in [0.05, 0.1) is 12.7 Å². The van der Waals surface area contributed by atoms with Crippen molar-refractivity contribution in [2.75, 3.05) is 20.3 Å². The molecule has 0 saturated carbocycles. The first kappa shape index (κ1) is 11.7. The molecule has 0 radical (unpaired) electrons. The van der Waals surface area contributed by atoms with Crippen LogP contribution in [-0.2, 0) is 4.74 Å². The Balaban J connectivity index is 2.24. The summed E-state index contributed by atoms with van der Waals surface area (Å²) in [5.41, 5.74) is 1.26. The number of thiophene rings is 1. The average Bonchev–Trinajstić information content (AvgIpc) is 2.67. The van der Waals surface area contributed by atoms with Crippen molar-refractivity contribution in [1.82, 2.24) is 5.32 Å². The van der Waals surface area contributed by atoms with Gasteiger partial charge >= 0.3 is 0 Å². The van der Waals surface area contributed by atoms with Crippen LogP contribution >= 0.6 is 11.3 Å². The van der Waals surface area contributed by atoms with Gasteiger partial charge in [-0.1, -0.05) is 0 Å². The van der Waals surface area contributed by atoms with Crippen LogP contribution in [0.4, 0.5) is 0 Å². The second-order valence-electron chi connectivity index (χ2n) is 3.30. The Bertz CT molecular complexity index is 238. The maximum atomic E-state index is 9.41. The molecule has 80 valence electrons. The van der Waals surface area contributed by atoms with E-state index in [1.165, 1.54) is 5.56 Å². The smallest absolute Gasteiger partial charge is 0.0897 e. The molecular weight excluding hydrogens is 198 g/mol. The predicted molar refractivity (Wildman–Crippen MR) is 58.6 cm³/mol. The van der Waals surface area contributed by atoms with Crippen molar-refractivity contribution >= 4 is 11.3 Å². The summed E-state index contributed by atoms with van der Waals surface area (Å²) in [6.45, 7) is 3.02. The summed E-state index contributed by atoms with van der Waals surface area (Å²) in [5, 5.41) is 16.8. The number of nitrogens with one attached hydrogen (secondary N) is 1. The summed E-state index contributed by atoms with van der Waals surface area (Å²) >= 11 is 1.69. The van der Waals surface area contributed by atoms with Gasteiger partial charge in [-0.2, -0.15) is 11.3 Å². The summed E-state index contributed by atoms with van der Waals surface area (Å²) in [4.78, 5) is 0. The second-order valence-corrected chi connectivity index (χ2v) is 4.08. The number of ether oxygens (including phenoxy) is 1. The molecule has 2 atom stereocenters. The van der Waals surface area contributed by atoms with Gasteiger partial charge in [0, 0.05) is 19.7 Å². The largest absolute Gasteiger partial charge is 0.389 e. The molecule has 1 heterocycles. The van der Waals surface area contributed by atoms with Crippen molar-refractivity contribution in [2.24, 2.45) is 0 Å². The highest BCUT2D eigenvalue weighted by atomic mass is 32.1. The minimum absolute atomic E-state index is 0.285. The number of hydrogen-bond acceptors (Lipinski definition) is 4. The fourth-order valence-corrected chi connectivity index (χ4v) is 1.96. The Kier molecular flexibility index (Phi) is 5.11. The highest BCUT2D eigenvalue weighted by Gasteiger charge is 2.08. The number of aliphatic hydroxyl groups excluding tert-OH is 1. The van der Waals surface area contributed by atoms with E-state index in [1.807, 2.05) is 0 Å². The number of aliphatic hydroxyl groups is 1. The third kappa shape index (κ3) is 3.75. The predicted octanol–water partition coefficient (Wildman–Crippen LogP) is 1.41. The molecule has 0 saturated heterocycles. The van der Waals surface area contributed by atoms with Gasteiger partial charge in [-0.15, -0.1) is 0 Å². The maximum absolute atomic E-state index is 9.41. The van der Waals surface area contributed by atoms with E-state index in [-0.39, 0.29) is 6.04 Å². The van der Waals surface area contributed by atoms with E-state index in [4.69, 9.17) is 4.74 Å². The standard InChI is InChI=1S/C10H17NO2S/c1-8(9-3-4-14-7-9)11-5-10(12)6-13-2/h3-4,7-8,10-12H,5-6H2,1-2H3. The Morgan fingerprint density at radius 3 is 3.00 bits per heavy atom. The molecule has 0 fully saturated rings. The first-order valence-corrected chi connectivity index (χ1v) is 5.60. The Morgan fingerprint density at radius 2 is 2.43 bits per heavy atom. The molecule has 3 nitrogen and oxygen atoms in total. The molecule has 1 aromatic rings. The van der Waals surface area contributed by atoms with Crippen molar-refractivity contribution < 1.29 is 9.84 Å². The van der Waals surface area contributed by atoms with Crippen LogP contribution in [0.25, 0.3) is 0 Å². The SMILES string of the molecule is COCC(O)CNC(C)c1ccsc1. The molecule has 0 aliphatic rings. The van der Waals surface area contributed by atoms with Crippen LogP contribution in [-0.4, -0.2) is 31.5 Å². The van der Waals surface area contributed by atoms with Crippen molar-refractivity contribution in [3.05, 3.63) is 22.4 Å². The van der Waals surface area contributed by atoms with Crippen LogP contribution in [0.15, 0.2) is 16.8 Å². The van der Waals surface area contributed by atoms with Crippen LogP contribution in [0.2, 0.25) is 0 Å². The lowest BCUT2D eigenvalue weighted by atomic mass is 10.2. The Morgan fingerprint density at radius 1 is 1.64 bits per heavy atom. The summed E-state index contributed by atoms with van der Waals surface area (Å²) in [6, 6.07) is 2.37. The van der Waals surface area contributed by atoms with Crippen molar-refractivity contribution in [2.45, 2.75) is 19.1 Å². The van der Waals surface area contributed by atoms with Crippen molar-refractivity contribution in [1.29, 1.82) is 0 Å². The zero-order valence-corrected chi connectivity index (χ0v) is 9.38. The van der Waals surface area contributed by atoms with E-state index >= 15 is 0 Å². The lowest BCUT2D eigenvalue weighted by molar-refractivity contribution is 0.0630. The molecule has 2 N–H and O–H groups in total. The maximum Gasteiger partial charge on any atom is 0.0897 e. The summed E-state index contributed by atoms with van der Waals surface area (Å²) in [7, 11) is 1.59. The zero-order chi connectivity index (χ0) is 10.4. The molecular formula is C10H17NO2S. The second kappa shape index (κ2) is 6.14. The monoisotopic (exact) mass is 215 g/mol. The quantitative estimate of drug-likeness (QED) is 0.754. The van der Waals surface area contributed by atoms with Crippen LogP contribution in [0.3, 0.4) is 0 Å². The van der Waals surface area contributed by atoms with Crippen LogP contribution < -0.4 is 5.32 Å². The van der Waals surface area contributed by atoms with Crippen LogP contribution in [0, 0.1) is 0 Å². The van der Waals surface area contributed by atoms with E-state index in [1.54, 1.807) is 18.4 Å². The molecule has 2 unspecified atom stereocenters. The minimum atomic E-state index is -0.430. The Hall–Kier alpha value is -0.420. The number of methoxy groups -OCH3 is 1. The summed E-state index contributed by atoms with van der Waals surface area (Å²) in [6.07, 6.45) is -0.430. The first-order valence-electron chi connectivity index (χ1n) is 4.66. The summed E-state index contributed by atoms with van der Waals surface area (Å²) < 4.78 is 4.84. The van der Waals surface area contributed by atoms with Crippen LogP contribution in [0.5, 0.6) is 0 Å². The van der Waals surface area contributed by atoms with E-state index < -0.39 is 6.10 Å². The third-order valence-electron chi connectivity index (χ3n) is 2.06. The zero-order valence-electron chi connectivity index (χ0n) is 8.56. The van der Waals surface area contributed by atoms with Gasteiger partial charge in [0.25, 0.3) is 0 Å². The fraction of sp³-hybridized carbons (Fsp3) is 0.600. The van der Waals surface area contributed by atoms with E-state index in [9.17, 15) is 5.11 Å². The van der Waals surface area contributed by atoms with Crippen molar-refractivity contribution in [3.63, 3.8) is 0 Å². The van der Waals surface area contributed by atoms with Gasteiger partial charge in [-0.05, 0) is 29.3 Å². The molecule has 0 bridgehead atoms. The number of hydrogen-bond donors (Lipinski definition) is 2. The topological polar surface area (TPSA) is 41.5 Å². The third-order valence-corrected chi connectivity index (χ3v) is 2.76.